The Labute approximate surface area is 149 Å². The van der Waals surface area contributed by atoms with Crippen molar-refractivity contribution in [2.24, 2.45) is 0 Å². The fourth-order valence-electron chi connectivity index (χ4n) is 2.24. The fraction of sp³-hybridized carbons (Fsp3) is 0.111. The zero-order valence-corrected chi connectivity index (χ0v) is 14.8. The van der Waals surface area contributed by atoms with Crippen LogP contribution in [0, 0.1) is 13.8 Å². The van der Waals surface area contributed by atoms with Crippen LogP contribution in [0.4, 0.5) is 15.6 Å². The van der Waals surface area contributed by atoms with Crippen molar-refractivity contribution in [2.75, 3.05) is 10.6 Å². The highest BCUT2D eigenvalue weighted by Crippen LogP contribution is 2.32. The lowest BCUT2D eigenvalue weighted by atomic mass is 10.1. The molecule has 0 unspecified atom stereocenters. The Bertz CT molecular complexity index is 877. The summed E-state index contributed by atoms with van der Waals surface area (Å²) in [6.07, 6.45) is 0. The molecule has 4 nitrogen and oxygen atoms in total. The number of thiazole rings is 1. The molecule has 6 heteroatoms. The summed E-state index contributed by atoms with van der Waals surface area (Å²) in [5, 5.41) is 6.80. The Morgan fingerprint density at radius 1 is 1.08 bits per heavy atom. The Hall–Kier alpha value is -2.37. The summed E-state index contributed by atoms with van der Waals surface area (Å²) in [6.45, 7) is 3.93. The molecule has 1 aromatic heterocycles. The van der Waals surface area contributed by atoms with Crippen LogP contribution >= 0.6 is 22.9 Å². The molecule has 0 aliphatic rings. The van der Waals surface area contributed by atoms with E-state index in [-0.39, 0.29) is 6.03 Å². The molecule has 2 aromatic carbocycles. The van der Waals surface area contributed by atoms with Gasteiger partial charge in [0.05, 0.1) is 5.69 Å². The van der Waals surface area contributed by atoms with E-state index in [1.54, 1.807) is 0 Å². The van der Waals surface area contributed by atoms with Crippen LogP contribution < -0.4 is 10.6 Å². The van der Waals surface area contributed by atoms with Crippen LogP contribution in [0.2, 0.25) is 5.02 Å². The summed E-state index contributed by atoms with van der Waals surface area (Å²) in [5.41, 5.74) is 3.52. The molecular formula is C18H16ClN3OS. The Kier molecular flexibility index (Phi) is 4.83. The number of carbonyl (C=O) groups is 1. The molecule has 2 N–H and O–H groups in total. The number of hydrogen-bond donors (Lipinski definition) is 2. The summed E-state index contributed by atoms with van der Waals surface area (Å²) in [6, 6.07) is 14.8. The molecule has 2 amide bonds. The van der Waals surface area contributed by atoms with E-state index in [0.29, 0.717) is 10.2 Å². The van der Waals surface area contributed by atoms with Crippen molar-refractivity contribution in [1.82, 2.24) is 4.98 Å². The zero-order valence-electron chi connectivity index (χ0n) is 13.3. The van der Waals surface area contributed by atoms with Crippen molar-refractivity contribution in [1.29, 1.82) is 0 Å². The smallest absolute Gasteiger partial charge is 0.308 e. The number of nitrogens with zero attached hydrogens (tertiary/aromatic N) is 1. The number of carbonyl (C=O) groups excluding carboxylic acids is 1. The van der Waals surface area contributed by atoms with Gasteiger partial charge in [-0.25, -0.2) is 9.78 Å². The van der Waals surface area contributed by atoms with E-state index in [0.717, 1.165) is 27.4 Å². The van der Waals surface area contributed by atoms with Gasteiger partial charge in [-0.05, 0) is 37.6 Å². The average molecular weight is 358 g/mol. The van der Waals surface area contributed by atoms with E-state index in [4.69, 9.17) is 11.6 Å². The van der Waals surface area contributed by atoms with Gasteiger partial charge in [-0.2, -0.15) is 0 Å². The number of rotatable bonds is 3. The fourth-order valence-corrected chi connectivity index (χ4v) is 3.25. The molecular weight excluding hydrogens is 342 g/mol. The number of urea groups is 1. The van der Waals surface area contributed by atoms with Gasteiger partial charge in [0, 0.05) is 21.2 Å². The highest BCUT2D eigenvalue weighted by atomic mass is 35.5. The standard InChI is InChI=1S/C18H16ClN3OS/c1-11-8-9-13(10-15(11)19)16-12(2)24-18(21-16)22-17(23)20-14-6-4-3-5-7-14/h3-10H,1-2H3,(H2,20,21,22,23). The Balaban J connectivity index is 1.76. The largest absolute Gasteiger partial charge is 0.325 e. The van der Waals surface area contributed by atoms with Crippen molar-refractivity contribution < 1.29 is 4.79 Å². The summed E-state index contributed by atoms with van der Waals surface area (Å²) in [4.78, 5) is 17.6. The van der Waals surface area contributed by atoms with Crippen LogP contribution in [0.5, 0.6) is 0 Å². The van der Waals surface area contributed by atoms with Gasteiger partial charge in [-0.1, -0.05) is 41.9 Å². The maximum atomic E-state index is 12.1. The first kappa shape index (κ1) is 16.5. The van der Waals surface area contributed by atoms with Gasteiger partial charge in [-0.3, -0.25) is 5.32 Å². The predicted molar refractivity (Wildman–Crippen MR) is 101 cm³/mol. The average Bonchev–Trinajstić information content (AvgIpc) is 2.91. The maximum absolute atomic E-state index is 12.1. The Morgan fingerprint density at radius 3 is 2.54 bits per heavy atom. The SMILES string of the molecule is Cc1ccc(-c2nc(NC(=O)Nc3ccccc3)sc2C)cc1Cl. The van der Waals surface area contributed by atoms with Crippen molar-refractivity contribution in [2.45, 2.75) is 13.8 Å². The number of anilines is 2. The predicted octanol–water partition coefficient (Wildman–Crippen LogP) is 5.72. The van der Waals surface area contributed by atoms with Crippen LogP contribution in [0.3, 0.4) is 0 Å². The minimum absolute atomic E-state index is 0.316. The molecule has 0 fully saturated rings. The van der Waals surface area contributed by atoms with E-state index in [1.807, 2.05) is 62.4 Å². The molecule has 0 saturated carbocycles. The van der Waals surface area contributed by atoms with Gasteiger partial charge < -0.3 is 5.32 Å². The highest BCUT2D eigenvalue weighted by Gasteiger charge is 2.13. The van der Waals surface area contributed by atoms with Gasteiger partial charge >= 0.3 is 6.03 Å². The number of para-hydroxylation sites is 1. The summed E-state index contributed by atoms with van der Waals surface area (Å²) < 4.78 is 0. The topological polar surface area (TPSA) is 54.0 Å². The second-order valence-corrected chi connectivity index (χ2v) is 6.94. The minimum atomic E-state index is -0.316. The van der Waals surface area contributed by atoms with Crippen molar-refractivity contribution >= 4 is 39.8 Å². The lowest BCUT2D eigenvalue weighted by Crippen LogP contribution is -2.19. The number of nitrogens with one attached hydrogen (secondary N) is 2. The number of aryl methyl sites for hydroxylation is 2. The molecule has 24 heavy (non-hydrogen) atoms. The summed E-state index contributed by atoms with van der Waals surface area (Å²) in [7, 11) is 0. The maximum Gasteiger partial charge on any atom is 0.325 e. The zero-order chi connectivity index (χ0) is 17.1. The second-order valence-electron chi connectivity index (χ2n) is 5.33. The first-order chi connectivity index (χ1) is 11.5. The quantitative estimate of drug-likeness (QED) is 0.629. The number of halogens is 1. The lowest BCUT2D eigenvalue weighted by molar-refractivity contribution is 0.262. The third-order valence-corrected chi connectivity index (χ3v) is 4.79. The minimum Gasteiger partial charge on any atom is -0.308 e. The van der Waals surface area contributed by atoms with Crippen LogP contribution in [0.15, 0.2) is 48.5 Å². The molecule has 3 rings (SSSR count). The van der Waals surface area contributed by atoms with Gasteiger partial charge in [0.25, 0.3) is 0 Å². The third-order valence-electron chi connectivity index (χ3n) is 3.49. The molecule has 0 aliphatic heterocycles. The van der Waals surface area contributed by atoms with Gasteiger partial charge in [0.1, 0.15) is 0 Å². The lowest BCUT2D eigenvalue weighted by Gasteiger charge is -2.04. The van der Waals surface area contributed by atoms with Crippen molar-refractivity contribution in [3.05, 3.63) is 64.0 Å². The first-order valence-corrected chi connectivity index (χ1v) is 8.59. The third kappa shape index (κ3) is 3.75. The number of amides is 2. The normalized spacial score (nSPS) is 10.5. The van der Waals surface area contributed by atoms with E-state index in [2.05, 4.69) is 15.6 Å². The van der Waals surface area contributed by atoms with E-state index >= 15 is 0 Å². The molecule has 1 heterocycles. The van der Waals surface area contributed by atoms with E-state index in [9.17, 15) is 4.79 Å². The van der Waals surface area contributed by atoms with Gasteiger partial charge in [0.15, 0.2) is 5.13 Å². The van der Waals surface area contributed by atoms with Crippen molar-refractivity contribution in [3.63, 3.8) is 0 Å². The molecule has 0 spiro atoms. The molecule has 0 radical (unpaired) electrons. The number of aromatic nitrogens is 1. The second kappa shape index (κ2) is 7.03. The van der Waals surface area contributed by atoms with Crippen molar-refractivity contribution in [3.8, 4) is 11.3 Å². The molecule has 0 bridgehead atoms. The van der Waals surface area contributed by atoms with E-state index < -0.39 is 0 Å². The first-order valence-electron chi connectivity index (χ1n) is 7.40. The van der Waals surface area contributed by atoms with Crippen LogP contribution in [0.1, 0.15) is 10.4 Å². The van der Waals surface area contributed by atoms with Gasteiger partial charge in [-0.15, -0.1) is 11.3 Å². The van der Waals surface area contributed by atoms with Crippen LogP contribution in [-0.2, 0) is 0 Å². The highest BCUT2D eigenvalue weighted by molar-refractivity contribution is 7.16. The molecule has 122 valence electrons. The molecule has 0 aliphatic carbocycles. The van der Waals surface area contributed by atoms with Gasteiger partial charge in [0.2, 0.25) is 0 Å². The molecule has 0 atom stereocenters. The summed E-state index contributed by atoms with van der Waals surface area (Å²) >= 11 is 7.63. The summed E-state index contributed by atoms with van der Waals surface area (Å²) in [5.74, 6) is 0. The number of benzene rings is 2. The number of hydrogen-bond acceptors (Lipinski definition) is 3. The molecule has 0 saturated heterocycles. The monoisotopic (exact) mass is 357 g/mol. The van der Waals surface area contributed by atoms with Crippen LogP contribution in [-0.4, -0.2) is 11.0 Å². The Morgan fingerprint density at radius 2 is 1.83 bits per heavy atom. The molecule has 3 aromatic rings. The van der Waals surface area contributed by atoms with Crippen LogP contribution in [0.25, 0.3) is 11.3 Å². The van der Waals surface area contributed by atoms with E-state index in [1.165, 1.54) is 11.3 Å².